The van der Waals surface area contributed by atoms with Gasteiger partial charge in [0.1, 0.15) is 17.9 Å². The Balaban J connectivity index is 1.90. The fraction of sp³-hybridized carbons (Fsp3) is 0.333. The van der Waals surface area contributed by atoms with Crippen molar-refractivity contribution in [3.63, 3.8) is 0 Å². The van der Waals surface area contributed by atoms with Crippen LogP contribution >= 0.6 is 15.9 Å². The summed E-state index contributed by atoms with van der Waals surface area (Å²) in [6.45, 7) is -1.67. The van der Waals surface area contributed by atoms with Gasteiger partial charge in [0, 0.05) is 13.6 Å². The van der Waals surface area contributed by atoms with Crippen LogP contribution in [0.1, 0.15) is 11.4 Å². The van der Waals surface area contributed by atoms with Gasteiger partial charge in [0.25, 0.3) is 0 Å². The van der Waals surface area contributed by atoms with E-state index in [0.717, 1.165) is 11.4 Å². The van der Waals surface area contributed by atoms with Crippen LogP contribution in [0.3, 0.4) is 0 Å². The van der Waals surface area contributed by atoms with Crippen molar-refractivity contribution in [1.29, 1.82) is 0 Å². The Bertz CT molecular complexity index is 576. The van der Waals surface area contributed by atoms with E-state index in [2.05, 4.69) is 36.2 Å². The molecule has 0 aliphatic rings. The summed E-state index contributed by atoms with van der Waals surface area (Å²) >= 11 is 3.21. The zero-order chi connectivity index (χ0) is 14.5. The lowest BCUT2D eigenvalue weighted by Gasteiger charge is -2.09. The molecule has 5 nitrogen and oxygen atoms in total. The lowest BCUT2D eigenvalue weighted by atomic mass is 10.2. The van der Waals surface area contributed by atoms with Gasteiger partial charge in [-0.05, 0) is 33.6 Å². The molecule has 108 valence electrons. The Morgan fingerprint density at radius 1 is 1.40 bits per heavy atom. The minimum atomic E-state index is -2.83. The van der Waals surface area contributed by atoms with E-state index in [1.54, 1.807) is 18.5 Å². The number of halogens is 3. The van der Waals surface area contributed by atoms with Gasteiger partial charge in [-0.25, -0.2) is 0 Å². The second-order valence-corrected chi connectivity index (χ2v) is 4.96. The molecule has 2 aromatic rings. The molecule has 2 rings (SSSR count). The van der Waals surface area contributed by atoms with E-state index in [0.29, 0.717) is 17.6 Å². The monoisotopic (exact) mass is 346 g/mol. The molecular weight excluding hydrogens is 334 g/mol. The van der Waals surface area contributed by atoms with Gasteiger partial charge in [0.2, 0.25) is 0 Å². The van der Waals surface area contributed by atoms with Crippen LogP contribution in [-0.4, -0.2) is 21.4 Å². The highest BCUT2D eigenvalue weighted by molar-refractivity contribution is 9.10. The van der Waals surface area contributed by atoms with E-state index in [9.17, 15) is 8.78 Å². The minimum Gasteiger partial charge on any atom is -0.434 e. The second kappa shape index (κ2) is 6.76. The van der Waals surface area contributed by atoms with Crippen molar-refractivity contribution in [2.45, 2.75) is 19.7 Å². The number of nitrogens with one attached hydrogen (secondary N) is 1. The van der Waals surface area contributed by atoms with Crippen molar-refractivity contribution in [2.24, 2.45) is 7.05 Å². The first-order chi connectivity index (χ1) is 9.56. The highest BCUT2D eigenvalue weighted by Gasteiger charge is 2.08. The first-order valence-electron chi connectivity index (χ1n) is 5.83. The van der Waals surface area contributed by atoms with E-state index in [1.807, 2.05) is 11.6 Å². The quantitative estimate of drug-likeness (QED) is 0.872. The van der Waals surface area contributed by atoms with E-state index < -0.39 is 6.61 Å². The Hall–Kier alpha value is -1.54. The number of aromatic nitrogens is 3. The van der Waals surface area contributed by atoms with Crippen LogP contribution in [0.5, 0.6) is 5.75 Å². The number of rotatable bonds is 6. The highest BCUT2D eigenvalue weighted by Crippen LogP contribution is 2.27. The maximum Gasteiger partial charge on any atom is 0.387 e. The number of aryl methyl sites for hydroxylation is 1. The van der Waals surface area contributed by atoms with Gasteiger partial charge in [0.15, 0.2) is 0 Å². The third kappa shape index (κ3) is 3.97. The van der Waals surface area contributed by atoms with Crippen LogP contribution in [0.25, 0.3) is 0 Å². The topological polar surface area (TPSA) is 52.0 Å². The predicted molar refractivity (Wildman–Crippen MR) is 72.3 cm³/mol. The van der Waals surface area contributed by atoms with Gasteiger partial charge in [-0.3, -0.25) is 0 Å². The molecule has 0 saturated heterocycles. The number of hydrogen-bond acceptors (Lipinski definition) is 4. The Morgan fingerprint density at radius 3 is 2.80 bits per heavy atom. The third-order valence-corrected chi connectivity index (χ3v) is 3.25. The smallest absolute Gasteiger partial charge is 0.387 e. The Labute approximate surface area is 123 Å². The number of alkyl halides is 2. The van der Waals surface area contributed by atoms with E-state index in [4.69, 9.17) is 0 Å². The molecule has 0 bridgehead atoms. The molecule has 0 spiro atoms. The van der Waals surface area contributed by atoms with Gasteiger partial charge in [0.05, 0.1) is 11.0 Å². The van der Waals surface area contributed by atoms with E-state index >= 15 is 0 Å². The third-order valence-electron chi connectivity index (χ3n) is 2.63. The fourth-order valence-corrected chi connectivity index (χ4v) is 2.15. The van der Waals surface area contributed by atoms with Crippen molar-refractivity contribution < 1.29 is 13.5 Å². The van der Waals surface area contributed by atoms with E-state index in [-0.39, 0.29) is 5.75 Å². The van der Waals surface area contributed by atoms with Gasteiger partial charge in [-0.15, -0.1) is 10.2 Å². The van der Waals surface area contributed by atoms with Crippen molar-refractivity contribution in [3.8, 4) is 5.75 Å². The number of ether oxygens (including phenoxy) is 1. The lowest BCUT2D eigenvalue weighted by molar-refractivity contribution is -0.0503. The summed E-state index contributed by atoms with van der Waals surface area (Å²) in [4.78, 5) is 0. The largest absolute Gasteiger partial charge is 0.434 e. The molecule has 0 radical (unpaired) electrons. The van der Waals surface area contributed by atoms with Crippen molar-refractivity contribution in [2.75, 3.05) is 0 Å². The predicted octanol–water partition coefficient (Wildman–Crippen LogP) is 2.47. The number of benzene rings is 1. The zero-order valence-corrected chi connectivity index (χ0v) is 12.3. The fourth-order valence-electron chi connectivity index (χ4n) is 1.63. The van der Waals surface area contributed by atoms with Gasteiger partial charge in [-0.1, -0.05) is 6.07 Å². The molecule has 0 aliphatic carbocycles. The molecule has 1 aromatic heterocycles. The lowest BCUT2D eigenvalue weighted by Crippen LogP contribution is -2.15. The molecular formula is C12H13BrF2N4O. The molecule has 20 heavy (non-hydrogen) atoms. The molecule has 0 unspecified atom stereocenters. The summed E-state index contributed by atoms with van der Waals surface area (Å²) in [6.07, 6.45) is 1.63. The van der Waals surface area contributed by atoms with Crippen LogP contribution in [0.15, 0.2) is 29.0 Å². The second-order valence-electron chi connectivity index (χ2n) is 4.10. The summed E-state index contributed by atoms with van der Waals surface area (Å²) in [5.41, 5.74) is 0.945. The molecule has 0 saturated carbocycles. The Morgan fingerprint density at radius 2 is 2.20 bits per heavy atom. The van der Waals surface area contributed by atoms with Gasteiger partial charge in [-0.2, -0.15) is 8.78 Å². The number of nitrogens with zero attached hydrogens (tertiary/aromatic N) is 3. The van der Waals surface area contributed by atoms with Crippen LogP contribution < -0.4 is 10.1 Å². The summed E-state index contributed by atoms with van der Waals surface area (Å²) in [5, 5.41) is 10.9. The maximum atomic E-state index is 12.1. The molecule has 0 amide bonds. The first-order valence-corrected chi connectivity index (χ1v) is 6.62. The number of hydrogen-bond donors (Lipinski definition) is 1. The zero-order valence-electron chi connectivity index (χ0n) is 10.7. The normalized spacial score (nSPS) is 11.1. The van der Waals surface area contributed by atoms with Crippen LogP contribution in [0, 0.1) is 0 Å². The molecule has 1 heterocycles. The molecule has 1 N–H and O–H groups in total. The molecule has 0 fully saturated rings. The summed E-state index contributed by atoms with van der Waals surface area (Å²) in [6, 6.07) is 4.98. The average molecular weight is 347 g/mol. The van der Waals surface area contributed by atoms with Crippen LogP contribution in [-0.2, 0) is 20.1 Å². The SMILES string of the molecule is Cn1cnnc1CNCc1ccc(OC(F)F)c(Br)c1. The molecule has 0 aliphatic heterocycles. The summed E-state index contributed by atoms with van der Waals surface area (Å²) < 4.78 is 30.9. The molecule has 1 aromatic carbocycles. The van der Waals surface area contributed by atoms with Crippen LogP contribution in [0.4, 0.5) is 8.78 Å². The molecule has 8 heteroatoms. The van der Waals surface area contributed by atoms with Gasteiger partial charge >= 0.3 is 6.61 Å². The maximum absolute atomic E-state index is 12.1. The summed E-state index contributed by atoms with van der Waals surface area (Å²) in [7, 11) is 1.87. The van der Waals surface area contributed by atoms with Crippen molar-refractivity contribution >= 4 is 15.9 Å². The average Bonchev–Trinajstić information content (AvgIpc) is 2.78. The molecule has 0 atom stereocenters. The van der Waals surface area contributed by atoms with Crippen LogP contribution in [0.2, 0.25) is 0 Å². The van der Waals surface area contributed by atoms with Gasteiger partial charge < -0.3 is 14.6 Å². The highest BCUT2D eigenvalue weighted by atomic mass is 79.9. The van der Waals surface area contributed by atoms with E-state index in [1.165, 1.54) is 6.07 Å². The summed E-state index contributed by atoms with van der Waals surface area (Å²) in [5.74, 6) is 0.943. The minimum absolute atomic E-state index is 0.122. The first kappa shape index (κ1) is 14.9. The van der Waals surface area contributed by atoms with Crippen molar-refractivity contribution in [1.82, 2.24) is 20.1 Å². The Kier molecular flexibility index (Phi) is 5.02. The van der Waals surface area contributed by atoms with Crippen molar-refractivity contribution in [3.05, 3.63) is 40.4 Å². The standard InChI is InChI=1S/C12H13BrF2N4O/c1-19-7-17-18-11(19)6-16-5-8-2-3-10(9(13)4-8)20-12(14)15/h2-4,7,12,16H,5-6H2,1H3.